The van der Waals surface area contributed by atoms with Crippen LogP contribution >= 0.6 is 0 Å². The molecule has 0 radical (unpaired) electrons. The topological polar surface area (TPSA) is 63.6 Å². The number of carboxylic acids is 1. The van der Waals surface area contributed by atoms with Gasteiger partial charge in [0.15, 0.2) is 0 Å². The highest BCUT2D eigenvalue weighted by molar-refractivity contribution is 5.83. The molecular weight excluding hydrogens is 203 g/mol. The van der Waals surface area contributed by atoms with Gasteiger partial charge < -0.3 is 9.84 Å². The number of ether oxygens (including phenoxy) is 1. The van der Waals surface area contributed by atoms with E-state index < -0.39 is 35.4 Å². The van der Waals surface area contributed by atoms with Crippen molar-refractivity contribution in [2.75, 3.05) is 6.61 Å². The van der Waals surface area contributed by atoms with Crippen LogP contribution in [0.15, 0.2) is 0 Å². The van der Waals surface area contributed by atoms with Gasteiger partial charge in [-0.1, -0.05) is 0 Å². The number of fused-ring (bicyclic) bond motifs is 1. The summed E-state index contributed by atoms with van der Waals surface area (Å²) in [5.41, 5.74) is -1.84. The molecule has 84 valence electrons. The molecule has 0 aromatic rings. The minimum Gasteiger partial charge on any atom is -0.481 e. The summed E-state index contributed by atoms with van der Waals surface area (Å²) in [6, 6.07) is 0. The van der Waals surface area contributed by atoms with E-state index in [1.54, 1.807) is 6.92 Å². The maximum atomic E-state index is 14.2. The number of rotatable bonds is 3. The highest BCUT2D eigenvalue weighted by Crippen LogP contribution is 2.66. The lowest BCUT2D eigenvalue weighted by molar-refractivity contribution is -0.151. The Morgan fingerprint density at radius 3 is 2.67 bits per heavy atom. The molecule has 4 atom stereocenters. The molecule has 2 aliphatic rings. The monoisotopic (exact) mass is 216 g/mol. The van der Waals surface area contributed by atoms with E-state index in [4.69, 9.17) is 9.84 Å². The minimum absolute atomic E-state index is 0.202. The lowest BCUT2D eigenvalue weighted by Gasteiger charge is -2.15. The molecule has 0 amide bonds. The highest BCUT2D eigenvalue weighted by atomic mass is 19.1. The van der Waals surface area contributed by atoms with Gasteiger partial charge in [0.2, 0.25) is 0 Å². The molecule has 2 rings (SSSR count). The SMILES string of the molecule is CCOC(=O)C1CCC2C(C(=O)O)C12F. The molecule has 1 N–H and O–H groups in total. The van der Waals surface area contributed by atoms with Gasteiger partial charge in [0.1, 0.15) is 5.67 Å². The minimum atomic E-state index is -1.84. The van der Waals surface area contributed by atoms with Crippen LogP contribution < -0.4 is 0 Å². The predicted octanol–water partition coefficient (Wildman–Crippen LogP) is 0.998. The molecule has 4 unspecified atom stereocenters. The molecule has 0 aliphatic heterocycles. The number of alkyl halides is 1. The second-order valence-corrected chi connectivity index (χ2v) is 4.13. The van der Waals surface area contributed by atoms with Crippen molar-refractivity contribution in [1.82, 2.24) is 0 Å². The fourth-order valence-electron chi connectivity index (χ4n) is 2.78. The number of halogens is 1. The zero-order valence-electron chi connectivity index (χ0n) is 8.40. The third-order valence-electron chi connectivity index (χ3n) is 3.48. The maximum absolute atomic E-state index is 14.2. The maximum Gasteiger partial charge on any atom is 0.312 e. The van der Waals surface area contributed by atoms with Crippen LogP contribution in [0.4, 0.5) is 4.39 Å². The molecule has 2 aliphatic carbocycles. The van der Waals surface area contributed by atoms with Crippen LogP contribution in [-0.4, -0.2) is 29.3 Å². The molecule has 0 aromatic carbocycles. The summed E-state index contributed by atoms with van der Waals surface area (Å²) in [5, 5.41) is 8.76. The van der Waals surface area contributed by atoms with Crippen LogP contribution in [-0.2, 0) is 14.3 Å². The van der Waals surface area contributed by atoms with E-state index in [-0.39, 0.29) is 6.61 Å². The molecule has 0 spiro atoms. The summed E-state index contributed by atoms with van der Waals surface area (Å²) in [4.78, 5) is 22.1. The molecule has 4 nitrogen and oxygen atoms in total. The van der Waals surface area contributed by atoms with Crippen LogP contribution in [0.25, 0.3) is 0 Å². The van der Waals surface area contributed by atoms with Gasteiger partial charge in [-0.2, -0.15) is 0 Å². The molecule has 2 fully saturated rings. The van der Waals surface area contributed by atoms with Gasteiger partial charge in [0.05, 0.1) is 18.4 Å². The molecular formula is C10H13FO4. The Hall–Kier alpha value is -1.13. The first-order valence-corrected chi connectivity index (χ1v) is 5.11. The van der Waals surface area contributed by atoms with Crippen molar-refractivity contribution in [2.45, 2.75) is 25.4 Å². The largest absolute Gasteiger partial charge is 0.481 e. The van der Waals surface area contributed by atoms with Gasteiger partial charge in [-0.25, -0.2) is 4.39 Å². The Kier molecular flexibility index (Phi) is 2.20. The standard InChI is InChI=1S/C10H13FO4/c1-2-15-9(14)6-4-3-5-7(8(12)13)10(5,6)11/h5-7H,2-4H2,1H3,(H,12,13). The Bertz CT molecular complexity index is 317. The summed E-state index contributed by atoms with van der Waals surface area (Å²) in [6.45, 7) is 1.85. The zero-order chi connectivity index (χ0) is 11.2. The number of carbonyl (C=O) groups is 2. The van der Waals surface area contributed by atoms with Crippen molar-refractivity contribution >= 4 is 11.9 Å². The molecule has 15 heavy (non-hydrogen) atoms. The average molecular weight is 216 g/mol. The van der Waals surface area contributed by atoms with Crippen molar-refractivity contribution < 1.29 is 23.8 Å². The smallest absolute Gasteiger partial charge is 0.312 e. The van der Waals surface area contributed by atoms with Gasteiger partial charge >= 0.3 is 11.9 Å². The first-order valence-electron chi connectivity index (χ1n) is 5.11. The number of carbonyl (C=O) groups excluding carboxylic acids is 1. The van der Waals surface area contributed by atoms with Gasteiger partial charge in [-0.05, 0) is 19.8 Å². The van der Waals surface area contributed by atoms with Crippen molar-refractivity contribution in [2.24, 2.45) is 17.8 Å². The number of aliphatic carboxylic acids is 1. The Morgan fingerprint density at radius 2 is 2.20 bits per heavy atom. The first-order chi connectivity index (χ1) is 7.03. The fourth-order valence-corrected chi connectivity index (χ4v) is 2.78. The van der Waals surface area contributed by atoms with Gasteiger partial charge in [-0.3, -0.25) is 9.59 Å². The van der Waals surface area contributed by atoms with E-state index in [0.717, 1.165) is 0 Å². The molecule has 0 heterocycles. The second kappa shape index (κ2) is 3.18. The Balaban J connectivity index is 2.11. The van der Waals surface area contributed by atoms with Crippen LogP contribution in [0, 0.1) is 17.8 Å². The summed E-state index contributed by atoms with van der Waals surface area (Å²) in [5.74, 6) is -4.09. The number of hydrogen-bond acceptors (Lipinski definition) is 3. The predicted molar refractivity (Wildman–Crippen MR) is 47.8 cm³/mol. The van der Waals surface area contributed by atoms with Crippen LogP contribution in [0.2, 0.25) is 0 Å². The van der Waals surface area contributed by atoms with Gasteiger partial charge in [0, 0.05) is 5.92 Å². The van der Waals surface area contributed by atoms with Crippen LogP contribution in [0.3, 0.4) is 0 Å². The van der Waals surface area contributed by atoms with E-state index >= 15 is 0 Å². The van der Waals surface area contributed by atoms with E-state index in [1.807, 2.05) is 0 Å². The highest BCUT2D eigenvalue weighted by Gasteiger charge is 2.78. The van der Waals surface area contributed by atoms with Crippen LogP contribution in [0.5, 0.6) is 0 Å². The van der Waals surface area contributed by atoms with E-state index in [9.17, 15) is 14.0 Å². The zero-order valence-corrected chi connectivity index (χ0v) is 8.40. The Labute approximate surface area is 86.4 Å². The van der Waals surface area contributed by atoms with Crippen molar-refractivity contribution in [3.05, 3.63) is 0 Å². The number of esters is 1. The summed E-state index contributed by atoms with van der Waals surface area (Å²) < 4.78 is 18.9. The molecule has 5 heteroatoms. The number of carboxylic acid groups (broad SMARTS) is 1. The Morgan fingerprint density at radius 1 is 1.53 bits per heavy atom. The molecule has 0 saturated heterocycles. The summed E-state index contributed by atoms with van der Waals surface area (Å²) in [6.07, 6.45) is 0.876. The lowest BCUT2D eigenvalue weighted by atomic mass is 9.98. The van der Waals surface area contributed by atoms with Crippen LogP contribution in [0.1, 0.15) is 19.8 Å². The molecule has 0 aromatic heterocycles. The molecule has 0 bridgehead atoms. The van der Waals surface area contributed by atoms with Crippen molar-refractivity contribution in [1.29, 1.82) is 0 Å². The van der Waals surface area contributed by atoms with Gasteiger partial charge in [-0.15, -0.1) is 0 Å². The summed E-state index contributed by atoms with van der Waals surface area (Å²) >= 11 is 0. The second-order valence-electron chi connectivity index (χ2n) is 4.13. The quantitative estimate of drug-likeness (QED) is 0.715. The van der Waals surface area contributed by atoms with Crippen molar-refractivity contribution in [3.8, 4) is 0 Å². The van der Waals surface area contributed by atoms with Crippen molar-refractivity contribution in [3.63, 3.8) is 0 Å². The summed E-state index contributed by atoms with van der Waals surface area (Å²) in [7, 11) is 0. The normalized spacial score (nSPS) is 42.1. The third kappa shape index (κ3) is 1.25. The van der Waals surface area contributed by atoms with E-state index in [1.165, 1.54) is 0 Å². The average Bonchev–Trinajstić information content (AvgIpc) is 2.60. The van der Waals surface area contributed by atoms with E-state index in [2.05, 4.69) is 0 Å². The lowest BCUT2D eigenvalue weighted by Crippen LogP contribution is -2.30. The molecule has 2 saturated carbocycles. The van der Waals surface area contributed by atoms with E-state index in [0.29, 0.717) is 12.8 Å². The fraction of sp³-hybridized carbons (Fsp3) is 0.800. The number of hydrogen-bond donors (Lipinski definition) is 1. The van der Waals surface area contributed by atoms with Gasteiger partial charge in [0.25, 0.3) is 0 Å². The first kappa shape index (κ1) is 10.4. The third-order valence-corrected chi connectivity index (χ3v) is 3.48.